The Balaban J connectivity index is 4.17. The molecule has 0 saturated heterocycles. The number of phosphoric ester groups is 1. The van der Waals surface area contributed by atoms with Crippen molar-refractivity contribution in [2.45, 2.75) is 277 Å². The number of unbranched alkanes of at least 4 members (excludes halogenated alkanes) is 34. The lowest BCUT2D eigenvalue weighted by atomic mass is 10.0. The van der Waals surface area contributed by atoms with E-state index in [4.69, 9.17) is 18.5 Å². The highest BCUT2D eigenvalue weighted by atomic mass is 31.2. The highest BCUT2D eigenvalue weighted by Crippen LogP contribution is 2.38. The second-order valence-electron chi connectivity index (χ2n) is 20.3. The summed E-state index contributed by atoms with van der Waals surface area (Å²) in [7, 11) is 1.18. The first-order chi connectivity index (χ1) is 32.0. The van der Waals surface area contributed by atoms with Gasteiger partial charge in [0.15, 0.2) is 6.10 Å². The minimum atomic E-state index is -4.63. The van der Waals surface area contributed by atoms with Gasteiger partial charge in [0.05, 0.1) is 27.7 Å². The second-order valence-corrected chi connectivity index (χ2v) is 21.7. The van der Waals surface area contributed by atoms with Crippen molar-refractivity contribution in [3.8, 4) is 0 Å². The standard InChI is InChI=1S/C56H108NO8P/c1-6-8-10-12-14-16-18-20-22-24-26-28-30-32-34-36-38-40-42-44-46-48-55(58)62-52-54(53-64-66(60,61)63-51-50-57(3,4)5)65-56(59)49-47-45-43-41-39-37-35-33-31-29-27-25-23-21-19-17-15-13-11-9-7-2/h20-23,54H,6-19,24-53H2,1-5H3/b22-20+,23-21+/t54-/m1/s1. The van der Waals surface area contributed by atoms with Crippen LogP contribution in [0.15, 0.2) is 24.3 Å². The summed E-state index contributed by atoms with van der Waals surface area (Å²) in [6, 6.07) is 0. The van der Waals surface area contributed by atoms with Crippen molar-refractivity contribution in [3.63, 3.8) is 0 Å². The van der Waals surface area contributed by atoms with Gasteiger partial charge in [-0.1, -0.05) is 218 Å². The number of nitrogens with zero attached hydrogens (tertiary/aromatic N) is 1. The molecule has 1 unspecified atom stereocenters. The van der Waals surface area contributed by atoms with Gasteiger partial charge < -0.3 is 27.9 Å². The fourth-order valence-electron chi connectivity index (χ4n) is 8.06. The smallest absolute Gasteiger partial charge is 0.306 e. The van der Waals surface area contributed by atoms with Crippen molar-refractivity contribution in [3.05, 3.63) is 24.3 Å². The zero-order valence-electron chi connectivity index (χ0n) is 44.2. The van der Waals surface area contributed by atoms with Crippen LogP contribution in [0, 0.1) is 0 Å². The molecule has 0 aliphatic heterocycles. The lowest BCUT2D eigenvalue weighted by Crippen LogP contribution is -2.37. The number of ether oxygens (including phenoxy) is 2. The lowest BCUT2D eigenvalue weighted by Gasteiger charge is -2.28. The molecule has 0 aliphatic rings. The molecule has 0 radical (unpaired) electrons. The molecule has 0 heterocycles. The van der Waals surface area contributed by atoms with Crippen LogP contribution in [-0.2, 0) is 32.7 Å². The van der Waals surface area contributed by atoms with E-state index >= 15 is 0 Å². The fourth-order valence-corrected chi connectivity index (χ4v) is 8.79. The van der Waals surface area contributed by atoms with Gasteiger partial charge in [0, 0.05) is 12.8 Å². The largest absolute Gasteiger partial charge is 0.756 e. The third kappa shape index (κ3) is 51.9. The second kappa shape index (κ2) is 48.5. The summed E-state index contributed by atoms with van der Waals surface area (Å²) in [5, 5.41) is 0. The summed E-state index contributed by atoms with van der Waals surface area (Å²) >= 11 is 0. The number of likely N-dealkylation sites (N-methyl/N-ethyl adjacent to an activating group) is 1. The lowest BCUT2D eigenvalue weighted by molar-refractivity contribution is -0.870. The van der Waals surface area contributed by atoms with E-state index in [9.17, 15) is 19.0 Å². The van der Waals surface area contributed by atoms with E-state index in [1.165, 1.54) is 199 Å². The number of allylic oxidation sites excluding steroid dienone is 4. The van der Waals surface area contributed by atoms with Crippen molar-refractivity contribution >= 4 is 19.8 Å². The first-order valence-electron chi connectivity index (χ1n) is 28.0. The van der Waals surface area contributed by atoms with Crippen LogP contribution in [0.1, 0.15) is 271 Å². The SMILES string of the molecule is CCCCCCCC/C=C/CCCCCCCCCCCCCC(=O)OC[C@H](COP(=O)([O-])OCC[N+](C)(C)C)OC(=O)CCCCCCCCCCCCC/C=C/CCCCCCCC. The molecule has 0 aromatic rings. The molecule has 10 heteroatoms. The van der Waals surface area contributed by atoms with E-state index in [0.29, 0.717) is 17.4 Å². The van der Waals surface area contributed by atoms with Gasteiger partial charge >= 0.3 is 11.9 Å². The Hall–Kier alpha value is -1.51. The van der Waals surface area contributed by atoms with Gasteiger partial charge in [-0.25, -0.2) is 0 Å². The zero-order chi connectivity index (χ0) is 48.5. The number of hydrogen-bond acceptors (Lipinski definition) is 8. The average Bonchev–Trinajstić information content (AvgIpc) is 3.27. The molecule has 0 saturated carbocycles. The Kier molecular flexibility index (Phi) is 47.4. The normalized spacial score (nSPS) is 13.5. The fraction of sp³-hybridized carbons (Fsp3) is 0.893. The highest BCUT2D eigenvalue weighted by Gasteiger charge is 2.22. The van der Waals surface area contributed by atoms with Crippen LogP contribution in [0.3, 0.4) is 0 Å². The predicted molar refractivity (Wildman–Crippen MR) is 278 cm³/mol. The molecule has 0 spiro atoms. The quantitative estimate of drug-likeness (QED) is 0.0195. The maximum absolute atomic E-state index is 12.8. The Morgan fingerprint density at radius 1 is 0.455 bits per heavy atom. The monoisotopic (exact) mass is 954 g/mol. The van der Waals surface area contributed by atoms with Crippen LogP contribution in [0.5, 0.6) is 0 Å². The number of carbonyl (C=O) groups excluding carboxylic acids is 2. The van der Waals surface area contributed by atoms with Gasteiger partial charge in [-0.15, -0.1) is 0 Å². The minimum absolute atomic E-state index is 0.0289. The van der Waals surface area contributed by atoms with Crippen LogP contribution >= 0.6 is 7.82 Å². The average molecular weight is 954 g/mol. The Morgan fingerprint density at radius 3 is 1.12 bits per heavy atom. The predicted octanol–water partition coefficient (Wildman–Crippen LogP) is 16.4. The number of phosphoric acid groups is 1. The van der Waals surface area contributed by atoms with Crippen molar-refractivity contribution in [1.82, 2.24) is 0 Å². The third-order valence-electron chi connectivity index (χ3n) is 12.4. The molecular formula is C56H108NO8P. The topological polar surface area (TPSA) is 111 Å². The first-order valence-corrected chi connectivity index (χ1v) is 29.5. The summed E-state index contributed by atoms with van der Waals surface area (Å²) in [6.07, 6.45) is 56.4. The van der Waals surface area contributed by atoms with E-state index in [1.807, 2.05) is 21.1 Å². The summed E-state index contributed by atoms with van der Waals surface area (Å²) < 4.78 is 34.1. The maximum Gasteiger partial charge on any atom is 0.306 e. The van der Waals surface area contributed by atoms with Crippen LogP contribution < -0.4 is 4.89 Å². The maximum atomic E-state index is 12.8. The van der Waals surface area contributed by atoms with Crippen molar-refractivity contribution in [2.75, 3.05) is 47.5 Å². The minimum Gasteiger partial charge on any atom is -0.756 e. The number of quaternary nitrogens is 1. The van der Waals surface area contributed by atoms with E-state index in [2.05, 4.69) is 38.2 Å². The summed E-state index contributed by atoms with van der Waals surface area (Å²) in [6.45, 7) is 4.27. The molecular weight excluding hydrogens is 846 g/mol. The first kappa shape index (κ1) is 64.5. The van der Waals surface area contributed by atoms with Crippen molar-refractivity contribution < 1.29 is 42.1 Å². The molecule has 0 aromatic heterocycles. The van der Waals surface area contributed by atoms with E-state index in [-0.39, 0.29) is 32.0 Å². The summed E-state index contributed by atoms with van der Waals surface area (Å²) in [5.41, 5.74) is 0. The van der Waals surface area contributed by atoms with Crippen LogP contribution in [0.4, 0.5) is 0 Å². The van der Waals surface area contributed by atoms with Gasteiger partial charge in [0.1, 0.15) is 19.8 Å². The zero-order valence-corrected chi connectivity index (χ0v) is 45.1. The molecule has 0 amide bonds. The number of carbonyl (C=O) groups is 2. The Bertz CT molecular complexity index is 1170. The molecule has 0 fully saturated rings. The molecule has 0 aliphatic carbocycles. The molecule has 0 aromatic carbocycles. The number of hydrogen-bond donors (Lipinski definition) is 0. The molecule has 2 atom stereocenters. The highest BCUT2D eigenvalue weighted by molar-refractivity contribution is 7.45. The number of esters is 2. The van der Waals surface area contributed by atoms with Crippen molar-refractivity contribution in [2.24, 2.45) is 0 Å². The van der Waals surface area contributed by atoms with Gasteiger partial charge in [0.2, 0.25) is 0 Å². The van der Waals surface area contributed by atoms with E-state index in [0.717, 1.165) is 38.5 Å². The molecule has 0 N–H and O–H groups in total. The summed E-state index contributed by atoms with van der Waals surface area (Å²) in [4.78, 5) is 37.8. The Morgan fingerprint density at radius 2 is 0.773 bits per heavy atom. The van der Waals surface area contributed by atoms with Gasteiger partial charge in [-0.2, -0.15) is 0 Å². The van der Waals surface area contributed by atoms with Crippen LogP contribution in [0.2, 0.25) is 0 Å². The molecule has 66 heavy (non-hydrogen) atoms. The van der Waals surface area contributed by atoms with Crippen LogP contribution in [-0.4, -0.2) is 70.0 Å². The summed E-state index contributed by atoms with van der Waals surface area (Å²) in [5.74, 6) is -0.822. The van der Waals surface area contributed by atoms with E-state index < -0.39 is 26.5 Å². The number of rotatable bonds is 52. The van der Waals surface area contributed by atoms with Gasteiger partial charge in [-0.05, 0) is 64.2 Å². The molecule has 0 rings (SSSR count). The molecule has 0 bridgehead atoms. The van der Waals surface area contributed by atoms with E-state index in [1.54, 1.807) is 0 Å². The third-order valence-corrected chi connectivity index (χ3v) is 13.4. The van der Waals surface area contributed by atoms with Gasteiger partial charge in [0.25, 0.3) is 7.82 Å². The Labute approximate surface area is 409 Å². The van der Waals surface area contributed by atoms with Gasteiger partial charge in [-0.3, -0.25) is 14.2 Å². The molecule has 390 valence electrons. The molecule has 9 nitrogen and oxygen atoms in total. The van der Waals surface area contributed by atoms with Crippen molar-refractivity contribution in [1.29, 1.82) is 0 Å². The van der Waals surface area contributed by atoms with Crippen LogP contribution in [0.25, 0.3) is 0 Å².